The van der Waals surface area contributed by atoms with Crippen LogP contribution in [0, 0.1) is 5.92 Å². The topological polar surface area (TPSA) is 72.8 Å². The van der Waals surface area contributed by atoms with Gasteiger partial charge < -0.3 is 14.6 Å². The minimum Gasteiger partial charge on any atom is -0.481 e. The predicted molar refractivity (Wildman–Crippen MR) is 74.2 cm³/mol. The monoisotopic (exact) mass is 278 g/mol. The number of ether oxygens (including phenoxy) is 2. The SMILES string of the molecule is CC(=O)c1ccc(OC=CC(C)C)cc1OCC(=O)O. The van der Waals surface area contributed by atoms with E-state index >= 15 is 0 Å². The molecular formula is C15H18O5. The normalized spacial score (nSPS) is 10.8. The first-order chi connectivity index (χ1) is 9.40. The lowest BCUT2D eigenvalue weighted by Crippen LogP contribution is -2.11. The Kier molecular flexibility index (Phi) is 5.77. The van der Waals surface area contributed by atoms with Crippen molar-refractivity contribution in [3.63, 3.8) is 0 Å². The maximum absolute atomic E-state index is 11.4. The van der Waals surface area contributed by atoms with Gasteiger partial charge >= 0.3 is 5.97 Å². The number of hydrogen-bond acceptors (Lipinski definition) is 4. The molecule has 0 atom stereocenters. The fourth-order valence-electron chi connectivity index (χ4n) is 1.40. The van der Waals surface area contributed by atoms with Crippen molar-refractivity contribution in [2.45, 2.75) is 20.8 Å². The summed E-state index contributed by atoms with van der Waals surface area (Å²) in [6.07, 6.45) is 3.42. The van der Waals surface area contributed by atoms with E-state index in [9.17, 15) is 9.59 Å². The van der Waals surface area contributed by atoms with Crippen LogP contribution in [-0.4, -0.2) is 23.5 Å². The van der Waals surface area contributed by atoms with Gasteiger partial charge in [-0.05, 0) is 31.1 Å². The summed E-state index contributed by atoms with van der Waals surface area (Å²) in [5.74, 6) is -0.267. The third-order valence-corrected chi connectivity index (χ3v) is 2.35. The van der Waals surface area contributed by atoms with Crippen LogP contribution in [0.15, 0.2) is 30.5 Å². The molecule has 0 unspecified atom stereocenters. The van der Waals surface area contributed by atoms with E-state index in [1.54, 1.807) is 18.4 Å². The van der Waals surface area contributed by atoms with Gasteiger partial charge in [-0.1, -0.05) is 13.8 Å². The maximum atomic E-state index is 11.4. The average Bonchev–Trinajstić information content (AvgIpc) is 2.35. The number of Topliss-reactive ketones (excluding diaryl/α,β-unsaturated/α-hetero) is 1. The van der Waals surface area contributed by atoms with Gasteiger partial charge in [0.15, 0.2) is 12.4 Å². The Morgan fingerprint density at radius 1 is 1.35 bits per heavy atom. The van der Waals surface area contributed by atoms with Crippen molar-refractivity contribution in [1.29, 1.82) is 0 Å². The van der Waals surface area contributed by atoms with Crippen molar-refractivity contribution >= 4 is 11.8 Å². The van der Waals surface area contributed by atoms with Gasteiger partial charge in [0.25, 0.3) is 0 Å². The molecule has 0 saturated heterocycles. The predicted octanol–water partition coefficient (Wildman–Crippen LogP) is 2.90. The van der Waals surface area contributed by atoms with Crippen LogP contribution in [0.3, 0.4) is 0 Å². The molecule has 0 heterocycles. The molecule has 0 aliphatic heterocycles. The molecule has 0 bridgehead atoms. The van der Waals surface area contributed by atoms with E-state index in [0.29, 0.717) is 17.2 Å². The molecule has 0 amide bonds. The minimum absolute atomic E-state index is 0.199. The van der Waals surface area contributed by atoms with Gasteiger partial charge in [0.2, 0.25) is 0 Å². The number of carboxylic acids is 1. The van der Waals surface area contributed by atoms with Gasteiger partial charge in [-0.3, -0.25) is 4.79 Å². The fraction of sp³-hybridized carbons (Fsp3) is 0.333. The van der Waals surface area contributed by atoms with Crippen LogP contribution in [0.5, 0.6) is 11.5 Å². The standard InChI is InChI=1S/C15H18O5/c1-10(2)6-7-19-12-4-5-13(11(3)16)14(8-12)20-9-15(17)18/h4-8,10H,9H2,1-3H3,(H,17,18). The molecule has 1 aromatic carbocycles. The molecule has 0 saturated carbocycles. The highest BCUT2D eigenvalue weighted by Gasteiger charge is 2.11. The van der Waals surface area contributed by atoms with Crippen LogP contribution < -0.4 is 9.47 Å². The first kappa shape index (κ1) is 15.8. The van der Waals surface area contributed by atoms with E-state index in [4.69, 9.17) is 14.6 Å². The molecule has 0 fully saturated rings. The summed E-state index contributed by atoms with van der Waals surface area (Å²) in [5, 5.41) is 8.62. The van der Waals surface area contributed by atoms with Gasteiger partial charge in [0.1, 0.15) is 11.5 Å². The Hall–Kier alpha value is -2.30. The lowest BCUT2D eigenvalue weighted by atomic mass is 10.1. The van der Waals surface area contributed by atoms with E-state index in [-0.39, 0.29) is 11.5 Å². The molecule has 1 rings (SSSR count). The van der Waals surface area contributed by atoms with Crippen LogP contribution in [0.4, 0.5) is 0 Å². The van der Waals surface area contributed by atoms with Crippen molar-refractivity contribution in [3.05, 3.63) is 36.1 Å². The van der Waals surface area contributed by atoms with E-state index in [0.717, 1.165) is 0 Å². The van der Waals surface area contributed by atoms with Crippen molar-refractivity contribution in [1.82, 2.24) is 0 Å². The van der Waals surface area contributed by atoms with Crippen LogP contribution in [0.1, 0.15) is 31.1 Å². The summed E-state index contributed by atoms with van der Waals surface area (Å²) in [6.45, 7) is 4.91. The Morgan fingerprint density at radius 3 is 2.60 bits per heavy atom. The van der Waals surface area contributed by atoms with E-state index < -0.39 is 12.6 Å². The molecule has 0 aromatic heterocycles. The van der Waals surface area contributed by atoms with Gasteiger partial charge in [-0.25, -0.2) is 4.79 Å². The molecule has 108 valence electrons. The fourth-order valence-corrected chi connectivity index (χ4v) is 1.40. The van der Waals surface area contributed by atoms with Crippen LogP contribution in [0.2, 0.25) is 0 Å². The number of carboxylic acid groups (broad SMARTS) is 1. The number of allylic oxidation sites excluding steroid dienone is 1. The zero-order chi connectivity index (χ0) is 15.1. The lowest BCUT2D eigenvalue weighted by molar-refractivity contribution is -0.139. The summed E-state index contributed by atoms with van der Waals surface area (Å²) in [7, 11) is 0. The summed E-state index contributed by atoms with van der Waals surface area (Å²) < 4.78 is 10.5. The maximum Gasteiger partial charge on any atom is 0.341 e. The Morgan fingerprint density at radius 2 is 2.05 bits per heavy atom. The van der Waals surface area contributed by atoms with Crippen molar-refractivity contribution < 1.29 is 24.2 Å². The second kappa shape index (κ2) is 7.33. The summed E-state index contributed by atoms with van der Waals surface area (Å²) in [4.78, 5) is 22.0. The van der Waals surface area contributed by atoms with Gasteiger partial charge in [0, 0.05) is 6.07 Å². The lowest BCUT2D eigenvalue weighted by Gasteiger charge is -2.10. The first-order valence-corrected chi connectivity index (χ1v) is 6.23. The van der Waals surface area contributed by atoms with Crippen molar-refractivity contribution in [2.75, 3.05) is 6.61 Å². The van der Waals surface area contributed by atoms with E-state index in [2.05, 4.69) is 0 Å². The molecule has 0 aliphatic carbocycles. The highest BCUT2D eigenvalue weighted by molar-refractivity contribution is 5.97. The molecule has 1 aromatic rings. The van der Waals surface area contributed by atoms with Crippen molar-refractivity contribution in [3.8, 4) is 11.5 Å². The van der Waals surface area contributed by atoms with Crippen LogP contribution in [-0.2, 0) is 4.79 Å². The summed E-state index contributed by atoms with van der Waals surface area (Å²) in [6, 6.07) is 4.69. The number of hydrogen-bond donors (Lipinski definition) is 1. The number of carbonyl (C=O) groups is 2. The number of carbonyl (C=O) groups excluding carboxylic acids is 1. The second-order valence-electron chi connectivity index (χ2n) is 4.59. The van der Waals surface area contributed by atoms with Gasteiger partial charge in [-0.2, -0.15) is 0 Å². The largest absolute Gasteiger partial charge is 0.481 e. The summed E-state index contributed by atoms with van der Waals surface area (Å²) >= 11 is 0. The molecule has 5 nitrogen and oxygen atoms in total. The quantitative estimate of drug-likeness (QED) is 0.613. The van der Waals surface area contributed by atoms with Gasteiger partial charge in [-0.15, -0.1) is 0 Å². The van der Waals surface area contributed by atoms with E-state index in [1.165, 1.54) is 13.0 Å². The molecular weight excluding hydrogens is 260 g/mol. The number of rotatable bonds is 7. The zero-order valence-corrected chi connectivity index (χ0v) is 11.8. The Labute approximate surface area is 117 Å². The zero-order valence-electron chi connectivity index (χ0n) is 11.8. The van der Waals surface area contributed by atoms with Crippen LogP contribution in [0.25, 0.3) is 0 Å². The van der Waals surface area contributed by atoms with Gasteiger partial charge in [0.05, 0.1) is 11.8 Å². The molecule has 5 heteroatoms. The first-order valence-electron chi connectivity index (χ1n) is 6.23. The number of benzene rings is 1. The van der Waals surface area contributed by atoms with Crippen molar-refractivity contribution in [2.24, 2.45) is 5.92 Å². The van der Waals surface area contributed by atoms with E-state index in [1.807, 2.05) is 19.9 Å². The molecule has 0 aliphatic rings. The highest BCUT2D eigenvalue weighted by atomic mass is 16.5. The third-order valence-electron chi connectivity index (χ3n) is 2.35. The molecule has 0 radical (unpaired) electrons. The molecule has 1 N–H and O–H groups in total. The van der Waals surface area contributed by atoms with Crippen LogP contribution >= 0.6 is 0 Å². The number of aliphatic carboxylic acids is 1. The summed E-state index contributed by atoms with van der Waals surface area (Å²) in [5.41, 5.74) is 0.325. The molecule has 0 spiro atoms. The molecule has 20 heavy (non-hydrogen) atoms. The highest BCUT2D eigenvalue weighted by Crippen LogP contribution is 2.25. The number of ketones is 1. The smallest absolute Gasteiger partial charge is 0.341 e. The Balaban J connectivity index is 2.91. The third kappa shape index (κ3) is 5.14. The second-order valence-corrected chi connectivity index (χ2v) is 4.59. The minimum atomic E-state index is -1.11. The average molecular weight is 278 g/mol. The Bertz CT molecular complexity index is 517.